The Kier molecular flexibility index (Phi) is 3.31. The molecule has 2 atom stereocenters. The first kappa shape index (κ1) is 9.28. The summed E-state index contributed by atoms with van der Waals surface area (Å²) in [5.41, 5.74) is 0. The van der Waals surface area contributed by atoms with Crippen LogP contribution in [0.1, 0.15) is 0 Å². The SMILES string of the molecule is CNC(=O)OC[C@@H]1CNC[C@H]1O. The monoisotopic (exact) mass is 174 g/mol. The third-order valence-corrected chi connectivity index (χ3v) is 1.94. The van der Waals surface area contributed by atoms with E-state index in [-0.39, 0.29) is 12.5 Å². The van der Waals surface area contributed by atoms with E-state index in [0.29, 0.717) is 13.1 Å². The van der Waals surface area contributed by atoms with Crippen molar-refractivity contribution < 1.29 is 14.6 Å². The van der Waals surface area contributed by atoms with Crippen LogP contribution in [0.3, 0.4) is 0 Å². The smallest absolute Gasteiger partial charge is 0.406 e. The molecule has 0 aromatic carbocycles. The highest BCUT2D eigenvalue weighted by Gasteiger charge is 2.25. The van der Waals surface area contributed by atoms with Gasteiger partial charge in [0.2, 0.25) is 0 Å². The number of carbonyl (C=O) groups is 1. The van der Waals surface area contributed by atoms with Gasteiger partial charge in [-0.1, -0.05) is 0 Å². The van der Waals surface area contributed by atoms with Crippen LogP contribution in [0, 0.1) is 5.92 Å². The maximum absolute atomic E-state index is 10.6. The lowest BCUT2D eigenvalue weighted by Gasteiger charge is -2.12. The van der Waals surface area contributed by atoms with Crippen molar-refractivity contribution in [3.05, 3.63) is 0 Å². The van der Waals surface area contributed by atoms with Gasteiger partial charge in [-0.25, -0.2) is 4.79 Å². The summed E-state index contributed by atoms with van der Waals surface area (Å²) < 4.78 is 4.80. The zero-order valence-electron chi connectivity index (χ0n) is 7.04. The van der Waals surface area contributed by atoms with Crippen LogP contribution >= 0.6 is 0 Å². The first-order valence-electron chi connectivity index (χ1n) is 3.97. The maximum Gasteiger partial charge on any atom is 0.406 e. The van der Waals surface area contributed by atoms with Crippen molar-refractivity contribution in [3.63, 3.8) is 0 Å². The van der Waals surface area contributed by atoms with Crippen LogP contribution in [-0.2, 0) is 4.74 Å². The first-order chi connectivity index (χ1) is 5.74. The second-order valence-corrected chi connectivity index (χ2v) is 2.83. The normalized spacial score (nSPS) is 28.5. The molecule has 1 amide bonds. The topological polar surface area (TPSA) is 70.6 Å². The van der Waals surface area contributed by atoms with E-state index in [0.717, 1.165) is 0 Å². The molecule has 0 spiro atoms. The Balaban J connectivity index is 2.18. The summed E-state index contributed by atoms with van der Waals surface area (Å²) in [6, 6.07) is 0. The van der Waals surface area contributed by atoms with Gasteiger partial charge in [-0.3, -0.25) is 0 Å². The molecular weight excluding hydrogens is 160 g/mol. The quantitative estimate of drug-likeness (QED) is 0.498. The van der Waals surface area contributed by atoms with Crippen LogP contribution in [0.25, 0.3) is 0 Å². The fraction of sp³-hybridized carbons (Fsp3) is 0.857. The molecule has 1 saturated heterocycles. The lowest BCUT2D eigenvalue weighted by atomic mass is 10.1. The average molecular weight is 174 g/mol. The van der Waals surface area contributed by atoms with Crippen LogP contribution in [-0.4, -0.2) is 44.0 Å². The molecule has 1 rings (SSSR count). The fourth-order valence-corrected chi connectivity index (χ4v) is 1.14. The Hall–Kier alpha value is -0.810. The minimum absolute atomic E-state index is 0.0299. The molecule has 0 aromatic heterocycles. The summed E-state index contributed by atoms with van der Waals surface area (Å²) >= 11 is 0. The molecular formula is C7H14N2O3. The van der Waals surface area contributed by atoms with Gasteiger partial charge in [-0.2, -0.15) is 0 Å². The molecule has 0 aromatic rings. The van der Waals surface area contributed by atoms with Crippen molar-refractivity contribution >= 4 is 6.09 Å². The number of ether oxygens (including phenoxy) is 1. The van der Waals surface area contributed by atoms with Gasteiger partial charge >= 0.3 is 6.09 Å². The molecule has 0 saturated carbocycles. The van der Waals surface area contributed by atoms with Gasteiger partial charge in [0.05, 0.1) is 12.7 Å². The molecule has 0 bridgehead atoms. The zero-order chi connectivity index (χ0) is 8.97. The first-order valence-corrected chi connectivity index (χ1v) is 3.97. The molecule has 1 fully saturated rings. The summed E-state index contributed by atoms with van der Waals surface area (Å²) in [6.07, 6.45) is -0.844. The number of nitrogens with one attached hydrogen (secondary N) is 2. The van der Waals surface area contributed by atoms with Crippen LogP contribution in [0.4, 0.5) is 4.79 Å². The fourth-order valence-electron chi connectivity index (χ4n) is 1.14. The number of amides is 1. The van der Waals surface area contributed by atoms with E-state index in [4.69, 9.17) is 4.74 Å². The predicted molar refractivity (Wildman–Crippen MR) is 42.8 cm³/mol. The minimum atomic E-state index is -0.450. The lowest BCUT2D eigenvalue weighted by Crippen LogP contribution is -2.27. The standard InChI is InChI=1S/C7H14N2O3/c1-8-7(11)12-4-5-2-9-3-6(5)10/h5-6,9-10H,2-4H2,1H3,(H,8,11)/t5-,6+/m0/s1. The largest absolute Gasteiger partial charge is 0.449 e. The predicted octanol–water partition coefficient (Wildman–Crippen LogP) is -1.08. The average Bonchev–Trinajstić information content (AvgIpc) is 2.47. The number of aliphatic hydroxyl groups is 1. The van der Waals surface area contributed by atoms with Crippen molar-refractivity contribution in [1.82, 2.24) is 10.6 Å². The summed E-state index contributed by atoms with van der Waals surface area (Å²) in [5.74, 6) is 0.0299. The summed E-state index contributed by atoms with van der Waals surface area (Å²) in [7, 11) is 1.51. The Morgan fingerprint density at radius 2 is 2.50 bits per heavy atom. The second-order valence-electron chi connectivity index (χ2n) is 2.83. The summed E-state index contributed by atoms with van der Waals surface area (Å²) in [4.78, 5) is 10.6. The number of β-amino-alcohol motifs (C(OH)–C–C–N with tert-alkyl or cyclic N) is 1. The van der Waals surface area contributed by atoms with Crippen molar-refractivity contribution in [3.8, 4) is 0 Å². The molecule has 0 aliphatic carbocycles. The summed E-state index contributed by atoms with van der Waals surface area (Å²) in [6.45, 7) is 1.56. The zero-order valence-corrected chi connectivity index (χ0v) is 7.04. The molecule has 5 nitrogen and oxygen atoms in total. The Bertz CT molecular complexity index is 163. The number of alkyl carbamates (subject to hydrolysis) is 1. The highest BCUT2D eigenvalue weighted by molar-refractivity contribution is 5.66. The maximum atomic E-state index is 10.6. The number of rotatable bonds is 2. The number of aliphatic hydroxyl groups excluding tert-OH is 1. The van der Waals surface area contributed by atoms with Gasteiger partial charge in [0, 0.05) is 26.1 Å². The lowest BCUT2D eigenvalue weighted by molar-refractivity contribution is 0.0816. The molecule has 1 aliphatic heterocycles. The molecule has 1 aliphatic rings. The Morgan fingerprint density at radius 1 is 1.75 bits per heavy atom. The van der Waals surface area contributed by atoms with Crippen LogP contribution in [0.5, 0.6) is 0 Å². The molecule has 0 radical (unpaired) electrons. The molecule has 70 valence electrons. The van der Waals surface area contributed by atoms with Crippen molar-refractivity contribution in [1.29, 1.82) is 0 Å². The van der Waals surface area contributed by atoms with Gasteiger partial charge in [0.15, 0.2) is 0 Å². The molecule has 0 unspecified atom stereocenters. The molecule has 12 heavy (non-hydrogen) atoms. The third-order valence-electron chi connectivity index (χ3n) is 1.94. The van der Waals surface area contributed by atoms with Crippen molar-refractivity contribution in [2.24, 2.45) is 5.92 Å². The van der Waals surface area contributed by atoms with E-state index in [9.17, 15) is 9.90 Å². The van der Waals surface area contributed by atoms with E-state index >= 15 is 0 Å². The minimum Gasteiger partial charge on any atom is -0.449 e. The number of hydrogen-bond acceptors (Lipinski definition) is 4. The van der Waals surface area contributed by atoms with Gasteiger partial charge in [0.25, 0.3) is 0 Å². The Labute approximate surface area is 71.1 Å². The van der Waals surface area contributed by atoms with E-state index in [1.165, 1.54) is 7.05 Å². The highest BCUT2D eigenvalue weighted by atomic mass is 16.5. The van der Waals surface area contributed by atoms with Gasteiger partial charge in [-0.05, 0) is 0 Å². The van der Waals surface area contributed by atoms with Gasteiger partial charge in [0.1, 0.15) is 0 Å². The van der Waals surface area contributed by atoms with E-state index in [1.807, 2.05) is 0 Å². The van der Waals surface area contributed by atoms with Crippen molar-refractivity contribution in [2.75, 3.05) is 26.7 Å². The number of hydrogen-bond donors (Lipinski definition) is 3. The molecule has 3 N–H and O–H groups in total. The van der Waals surface area contributed by atoms with E-state index in [1.54, 1.807) is 0 Å². The molecule has 1 heterocycles. The van der Waals surface area contributed by atoms with Crippen LogP contribution in [0.15, 0.2) is 0 Å². The molecule has 5 heteroatoms. The van der Waals surface area contributed by atoms with E-state index < -0.39 is 12.2 Å². The van der Waals surface area contributed by atoms with E-state index in [2.05, 4.69) is 10.6 Å². The van der Waals surface area contributed by atoms with Crippen LogP contribution in [0.2, 0.25) is 0 Å². The number of carbonyl (C=O) groups excluding carboxylic acids is 1. The van der Waals surface area contributed by atoms with Gasteiger partial charge < -0.3 is 20.5 Å². The second kappa shape index (κ2) is 4.27. The van der Waals surface area contributed by atoms with Crippen LogP contribution < -0.4 is 10.6 Å². The third kappa shape index (κ3) is 2.35. The summed E-state index contributed by atoms with van der Waals surface area (Å²) in [5, 5.41) is 14.6. The highest BCUT2D eigenvalue weighted by Crippen LogP contribution is 2.08. The Morgan fingerprint density at radius 3 is 3.00 bits per heavy atom. The van der Waals surface area contributed by atoms with Crippen molar-refractivity contribution in [2.45, 2.75) is 6.10 Å². The van der Waals surface area contributed by atoms with Gasteiger partial charge in [-0.15, -0.1) is 0 Å².